The van der Waals surface area contributed by atoms with Gasteiger partial charge >= 0.3 is 5.69 Å². The van der Waals surface area contributed by atoms with E-state index in [-0.39, 0.29) is 11.5 Å². The lowest BCUT2D eigenvalue weighted by molar-refractivity contribution is -0.384. The molecule has 0 fully saturated rings. The summed E-state index contributed by atoms with van der Waals surface area (Å²) in [6, 6.07) is 7.06. The van der Waals surface area contributed by atoms with Crippen LogP contribution in [0.3, 0.4) is 0 Å². The molecular weight excluding hydrogens is 262 g/mol. The molecule has 0 bridgehead atoms. The highest BCUT2D eigenvalue weighted by atomic mass is 16.6. The van der Waals surface area contributed by atoms with Gasteiger partial charge in [0.25, 0.3) is 0 Å². The van der Waals surface area contributed by atoms with E-state index in [1.54, 1.807) is 31.3 Å². The zero-order valence-electron chi connectivity index (χ0n) is 10.9. The number of benzene rings is 1. The highest BCUT2D eigenvalue weighted by Gasteiger charge is 2.17. The van der Waals surface area contributed by atoms with Crippen molar-refractivity contribution in [2.45, 2.75) is 0 Å². The Balaban J connectivity index is 1.86. The predicted molar refractivity (Wildman–Crippen MR) is 74.7 cm³/mol. The van der Waals surface area contributed by atoms with Gasteiger partial charge < -0.3 is 15.8 Å². The van der Waals surface area contributed by atoms with Gasteiger partial charge in [-0.05, 0) is 12.1 Å². The second-order valence-corrected chi connectivity index (χ2v) is 4.14. The number of nitrogen functional groups attached to an aromatic ring is 1. The van der Waals surface area contributed by atoms with Crippen molar-refractivity contribution in [2.75, 3.05) is 24.2 Å². The lowest BCUT2D eigenvalue weighted by Crippen LogP contribution is -2.12. The van der Waals surface area contributed by atoms with Crippen LogP contribution in [0.1, 0.15) is 0 Å². The zero-order chi connectivity index (χ0) is 14.5. The molecule has 0 aliphatic heterocycles. The first-order valence-corrected chi connectivity index (χ1v) is 5.96. The van der Waals surface area contributed by atoms with Gasteiger partial charge in [-0.25, -0.2) is 0 Å². The van der Waals surface area contributed by atoms with E-state index in [2.05, 4.69) is 10.4 Å². The molecule has 0 aliphatic carbocycles. The molecule has 3 N–H and O–H groups in total. The summed E-state index contributed by atoms with van der Waals surface area (Å²) in [6.07, 6.45) is 1.35. The van der Waals surface area contributed by atoms with Gasteiger partial charge in [0, 0.05) is 18.8 Å². The summed E-state index contributed by atoms with van der Waals surface area (Å²) in [6.45, 7) is 0.740. The van der Waals surface area contributed by atoms with Crippen molar-refractivity contribution < 1.29 is 9.66 Å². The highest BCUT2D eigenvalue weighted by Crippen LogP contribution is 2.21. The Hall–Kier alpha value is -2.77. The van der Waals surface area contributed by atoms with Crippen molar-refractivity contribution in [1.82, 2.24) is 9.78 Å². The fourth-order valence-corrected chi connectivity index (χ4v) is 1.68. The first-order chi connectivity index (χ1) is 9.56. The number of ether oxygens (including phenoxy) is 1. The highest BCUT2D eigenvalue weighted by molar-refractivity contribution is 5.54. The molecule has 2 rings (SSSR count). The Kier molecular flexibility index (Phi) is 4.04. The summed E-state index contributed by atoms with van der Waals surface area (Å²) in [4.78, 5) is 10.3. The van der Waals surface area contributed by atoms with Gasteiger partial charge in [0.05, 0.1) is 11.5 Å². The minimum Gasteiger partial charge on any atom is -0.492 e. The van der Waals surface area contributed by atoms with E-state index < -0.39 is 4.92 Å². The Labute approximate surface area is 115 Å². The van der Waals surface area contributed by atoms with Gasteiger partial charge in [-0.1, -0.05) is 6.07 Å². The van der Waals surface area contributed by atoms with Crippen molar-refractivity contribution in [3.63, 3.8) is 0 Å². The van der Waals surface area contributed by atoms with Crippen molar-refractivity contribution >= 4 is 17.2 Å². The van der Waals surface area contributed by atoms with Crippen molar-refractivity contribution in [3.8, 4) is 5.75 Å². The summed E-state index contributed by atoms with van der Waals surface area (Å²) in [5, 5.41) is 17.6. The second kappa shape index (κ2) is 5.91. The molecule has 0 saturated carbocycles. The van der Waals surface area contributed by atoms with Crippen LogP contribution in [0.25, 0.3) is 0 Å². The number of hydrogen-bond acceptors (Lipinski definition) is 6. The van der Waals surface area contributed by atoms with Gasteiger partial charge in [-0.3, -0.25) is 14.8 Å². The molecule has 106 valence electrons. The average molecular weight is 277 g/mol. The molecule has 0 amide bonds. The third kappa shape index (κ3) is 3.37. The van der Waals surface area contributed by atoms with Crippen LogP contribution < -0.4 is 15.8 Å². The van der Waals surface area contributed by atoms with Crippen LogP contribution in [0, 0.1) is 10.1 Å². The standard InChI is InChI=1S/C12H15N5O3/c1-16-8-11(17(18)19)12(15-16)14-5-6-20-10-4-2-3-9(13)7-10/h2-4,7-8H,5-6,13H2,1H3,(H,14,15). The minimum absolute atomic E-state index is 0.0588. The number of nitro groups is 1. The maximum absolute atomic E-state index is 10.8. The van der Waals surface area contributed by atoms with E-state index in [9.17, 15) is 10.1 Å². The fourth-order valence-electron chi connectivity index (χ4n) is 1.68. The predicted octanol–water partition coefficient (Wildman–Crippen LogP) is 1.40. The van der Waals surface area contributed by atoms with E-state index in [0.29, 0.717) is 24.6 Å². The number of aryl methyl sites for hydroxylation is 1. The summed E-state index contributed by atoms with van der Waals surface area (Å²) < 4.78 is 6.86. The van der Waals surface area contributed by atoms with Crippen molar-refractivity contribution in [3.05, 3.63) is 40.6 Å². The largest absolute Gasteiger partial charge is 0.492 e. The average Bonchev–Trinajstić information content (AvgIpc) is 2.76. The molecule has 8 heteroatoms. The molecule has 0 unspecified atom stereocenters. The van der Waals surface area contributed by atoms with Gasteiger partial charge in [0.2, 0.25) is 5.82 Å². The lowest BCUT2D eigenvalue weighted by atomic mass is 10.3. The van der Waals surface area contributed by atoms with Crippen molar-refractivity contribution in [1.29, 1.82) is 0 Å². The monoisotopic (exact) mass is 277 g/mol. The number of nitrogens with zero attached hydrogens (tertiary/aromatic N) is 3. The van der Waals surface area contributed by atoms with E-state index in [1.165, 1.54) is 10.9 Å². The van der Waals surface area contributed by atoms with Crippen LogP contribution >= 0.6 is 0 Å². The normalized spacial score (nSPS) is 10.2. The first kappa shape index (κ1) is 13.7. The maximum atomic E-state index is 10.8. The molecule has 2 aromatic rings. The number of anilines is 2. The lowest BCUT2D eigenvalue weighted by Gasteiger charge is -2.07. The van der Waals surface area contributed by atoms with Crippen LogP contribution in [-0.4, -0.2) is 27.9 Å². The van der Waals surface area contributed by atoms with Crippen LogP contribution in [0.15, 0.2) is 30.5 Å². The van der Waals surface area contributed by atoms with E-state index in [0.717, 1.165) is 0 Å². The molecular formula is C12H15N5O3. The van der Waals surface area contributed by atoms with Crippen LogP contribution in [0.5, 0.6) is 5.75 Å². The molecule has 8 nitrogen and oxygen atoms in total. The van der Waals surface area contributed by atoms with Gasteiger partial charge in [-0.2, -0.15) is 0 Å². The van der Waals surface area contributed by atoms with E-state index in [1.807, 2.05) is 0 Å². The molecule has 0 aliphatic rings. The molecule has 0 spiro atoms. The Morgan fingerprint density at radius 1 is 1.55 bits per heavy atom. The molecule has 1 aromatic carbocycles. The van der Waals surface area contributed by atoms with Crippen LogP contribution in [-0.2, 0) is 7.05 Å². The molecule has 1 heterocycles. The zero-order valence-corrected chi connectivity index (χ0v) is 10.9. The topological polar surface area (TPSA) is 108 Å². The fraction of sp³-hybridized carbons (Fsp3) is 0.250. The summed E-state index contributed by atoms with van der Waals surface area (Å²) in [7, 11) is 1.63. The van der Waals surface area contributed by atoms with Gasteiger partial charge in [-0.15, -0.1) is 5.10 Å². The Bertz CT molecular complexity index is 611. The SMILES string of the molecule is Cn1cc([N+](=O)[O-])c(NCCOc2cccc(N)c2)n1. The number of nitrogens with two attached hydrogens (primary N) is 1. The first-order valence-electron chi connectivity index (χ1n) is 5.96. The summed E-state index contributed by atoms with van der Waals surface area (Å²) >= 11 is 0. The van der Waals surface area contributed by atoms with Gasteiger partial charge in [0.15, 0.2) is 0 Å². The number of rotatable bonds is 6. The molecule has 0 radical (unpaired) electrons. The quantitative estimate of drug-likeness (QED) is 0.357. The van der Waals surface area contributed by atoms with Crippen molar-refractivity contribution in [2.24, 2.45) is 7.05 Å². The molecule has 1 aromatic heterocycles. The van der Waals surface area contributed by atoms with Gasteiger partial charge in [0.1, 0.15) is 18.6 Å². The number of aromatic nitrogens is 2. The molecule has 20 heavy (non-hydrogen) atoms. The summed E-state index contributed by atoms with van der Waals surface area (Å²) in [5.74, 6) is 0.885. The Morgan fingerprint density at radius 2 is 2.35 bits per heavy atom. The van der Waals surface area contributed by atoms with E-state index in [4.69, 9.17) is 10.5 Å². The van der Waals surface area contributed by atoms with Crippen LogP contribution in [0.2, 0.25) is 0 Å². The Morgan fingerprint density at radius 3 is 3.05 bits per heavy atom. The van der Waals surface area contributed by atoms with Crippen LogP contribution in [0.4, 0.5) is 17.2 Å². The second-order valence-electron chi connectivity index (χ2n) is 4.14. The molecule has 0 saturated heterocycles. The third-order valence-electron chi connectivity index (χ3n) is 2.53. The molecule has 0 atom stereocenters. The number of nitrogens with one attached hydrogen (secondary N) is 1. The number of hydrogen-bond donors (Lipinski definition) is 2. The minimum atomic E-state index is -0.478. The smallest absolute Gasteiger partial charge is 0.330 e. The maximum Gasteiger partial charge on any atom is 0.330 e. The third-order valence-corrected chi connectivity index (χ3v) is 2.53. The summed E-state index contributed by atoms with van der Waals surface area (Å²) in [5.41, 5.74) is 6.19. The van der Waals surface area contributed by atoms with E-state index >= 15 is 0 Å².